The molecule has 1 amide bonds. The molecule has 14 heavy (non-hydrogen) atoms. The van der Waals surface area contributed by atoms with Crippen LogP contribution in [-0.2, 0) is 9.59 Å². The van der Waals surface area contributed by atoms with Gasteiger partial charge in [0, 0.05) is 13.0 Å². The Morgan fingerprint density at radius 2 is 2.00 bits per heavy atom. The first-order valence-electron chi connectivity index (χ1n) is 4.82. The Morgan fingerprint density at radius 3 is 2.43 bits per heavy atom. The maximum absolute atomic E-state index is 11.1. The Hall–Kier alpha value is -1.10. The predicted octanol–water partition coefficient (Wildman–Crippen LogP) is -1.37. The fourth-order valence-corrected chi connectivity index (χ4v) is 1.01. The highest BCUT2D eigenvalue weighted by Gasteiger charge is 2.12. The Labute approximate surface area is 83.9 Å². The van der Waals surface area contributed by atoms with Gasteiger partial charge in [0.2, 0.25) is 5.91 Å². The highest BCUT2D eigenvalue weighted by molar-refractivity contribution is 5.83. The minimum atomic E-state index is -1.24. The number of hydrogen-bond donors (Lipinski definition) is 2. The van der Waals surface area contributed by atoms with Gasteiger partial charge >= 0.3 is 0 Å². The molecule has 1 atom stereocenters. The molecule has 0 spiro atoms. The number of amides is 1. The van der Waals surface area contributed by atoms with Gasteiger partial charge in [-0.3, -0.25) is 4.79 Å². The molecule has 2 N–H and O–H groups in total. The van der Waals surface area contributed by atoms with Crippen molar-refractivity contribution in [3.05, 3.63) is 0 Å². The van der Waals surface area contributed by atoms with Gasteiger partial charge in [-0.05, 0) is 13.0 Å². The average molecular weight is 201 g/mol. The fourth-order valence-electron chi connectivity index (χ4n) is 1.01. The zero-order valence-electron chi connectivity index (χ0n) is 8.63. The van der Waals surface area contributed by atoms with Crippen molar-refractivity contribution in [3.63, 3.8) is 0 Å². The number of aliphatic carboxylic acids is 1. The highest BCUT2D eigenvalue weighted by atomic mass is 16.4. The maximum atomic E-state index is 11.1. The molecule has 0 saturated heterocycles. The van der Waals surface area contributed by atoms with E-state index in [2.05, 4.69) is 10.6 Å². The standard InChI is InChI=1S/C9H18N2O3/c1-3-5-11-8(12)6-7(9(13)14)10-4-2/h7,10H,3-6H2,1-2H3,(H,11,12)(H,13,14)/p-1. The average Bonchev–Trinajstić information content (AvgIpc) is 2.14. The molecule has 1 unspecified atom stereocenters. The van der Waals surface area contributed by atoms with Crippen molar-refractivity contribution in [3.8, 4) is 0 Å². The fraction of sp³-hybridized carbons (Fsp3) is 0.778. The molecule has 0 aliphatic rings. The lowest BCUT2D eigenvalue weighted by atomic mass is 10.2. The van der Waals surface area contributed by atoms with E-state index in [1.54, 1.807) is 6.92 Å². The lowest BCUT2D eigenvalue weighted by molar-refractivity contribution is -0.308. The van der Waals surface area contributed by atoms with Crippen LogP contribution >= 0.6 is 0 Å². The second kappa shape index (κ2) is 7.32. The van der Waals surface area contributed by atoms with Crippen LogP contribution in [0.2, 0.25) is 0 Å². The van der Waals surface area contributed by atoms with Crippen molar-refractivity contribution in [2.45, 2.75) is 32.7 Å². The van der Waals surface area contributed by atoms with Crippen molar-refractivity contribution in [2.75, 3.05) is 13.1 Å². The third-order valence-corrected chi connectivity index (χ3v) is 1.70. The number of carbonyl (C=O) groups excluding carboxylic acids is 2. The normalized spacial score (nSPS) is 12.1. The highest BCUT2D eigenvalue weighted by Crippen LogP contribution is 1.90. The third kappa shape index (κ3) is 5.53. The smallest absolute Gasteiger partial charge is 0.221 e. The van der Waals surface area contributed by atoms with Crippen molar-refractivity contribution in [1.82, 2.24) is 10.6 Å². The topological polar surface area (TPSA) is 81.3 Å². The van der Waals surface area contributed by atoms with E-state index in [4.69, 9.17) is 0 Å². The van der Waals surface area contributed by atoms with Crippen LogP contribution in [0.4, 0.5) is 0 Å². The van der Waals surface area contributed by atoms with E-state index >= 15 is 0 Å². The summed E-state index contributed by atoms with van der Waals surface area (Å²) < 4.78 is 0. The largest absolute Gasteiger partial charge is 0.548 e. The van der Waals surface area contributed by atoms with E-state index in [1.165, 1.54) is 0 Å². The molecule has 82 valence electrons. The van der Waals surface area contributed by atoms with Crippen LogP contribution in [0, 0.1) is 0 Å². The Balaban J connectivity index is 3.90. The monoisotopic (exact) mass is 201 g/mol. The SMILES string of the molecule is CCCNC(=O)CC(NCC)C(=O)[O-]. The molecule has 0 heterocycles. The molecule has 0 aromatic rings. The number of carboxylic acids is 1. The van der Waals surface area contributed by atoms with Crippen LogP contribution in [0.5, 0.6) is 0 Å². The van der Waals surface area contributed by atoms with E-state index < -0.39 is 12.0 Å². The second-order valence-corrected chi connectivity index (χ2v) is 2.98. The van der Waals surface area contributed by atoms with Crippen molar-refractivity contribution in [2.24, 2.45) is 0 Å². The Morgan fingerprint density at radius 1 is 1.36 bits per heavy atom. The summed E-state index contributed by atoms with van der Waals surface area (Å²) in [5, 5.41) is 15.8. The van der Waals surface area contributed by atoms with Gasteiger partial charge in [0.25, 0.3) is 0 Å². The molecule has 0 aromatic heterocycles. The van der Waals surface area contributed by atoms with Gasteiger partial charge in [0.15, 0.2) is 0 Å². The zero-order chi connectivity index (χ0) is 11.0. The van der Waals surface area contributed by atoms with Crippen LogP contribution in [0.15, 0.2) is 0 Å². The van der Waals surface area contributed by atoms with Gasteiger partial charge in [-0.25, -0.2) is 0 Å². The van der Waals surface area contributed by atoms with Crippen molar-refractivity contribution in [1.29, 1.82) is 0 Å². The van der Waals surface area contributed by atoms with Gasteiger partial charge in [-0.1, -0.05) is 13.8 Å². The lowest BCUT2D eigenvalue weighted by Gasteiger charge is -2.18. The molecule has 0 aliphatic carbocycles. The van der Waals surface area contributed by atoms with E-state index in [9.17, 15) is 14.7 Å². The van der Waals surface area contributed by atoms with Crippen LogP contribution in [0.3, 0.4) is 0 Å². The summed E-state index contributed by atoms with van der Waals surface area (Å²) in [6, 6.07) is -0.892. The molecule has 0 aliphatic heterocycles. The maximum Gasteiger partial charge on any atom is 0.221 e. The van der Waals surface area contributed by atoms with E-state index in [0.29, 0.717) is 13.1 Å². The van der Waals surface area contributed by atoms with E-state index in [0.717, 1.165) is 6.42 Å². The van der Waals surface area contributed by atoms with Crippen molar-refractivity contribution >= 4 is 11.9 Å². The van der Waals surface area contributed by atoms with Crippen LogP contribution in [-0.4, -0.2) is 31.0 Å². The summed E-state index contributed by atoms with van der Waals surface area (Å²) in [4.78, 5) is 21.7. The van der Waals surface area contributed by atoms with Gasteiger partial charge in [-0.2, -0.15) is 0 Å². The lowest BCUT2D eigenvalue weighted by Crippen LogP contribution is -2.48. The minimum absolute atomic E-state index is 0.0732. The number of likely N-dealkylation sites (N-methyl/N-ethyl adjacent to an activating group) is 1. The molecule has 0 saturated carbocycles. The molecular formula is C9H17N2O3-. The molecular weight excluding hydrogens is 184 g/mol. The molecule has 0 fully saturated rings. The molecule has 0 rings (SSSR count). The van der Waals surface area contributed by atoms with Crippen molar-refractivity contribution < 1.29 is 14.7 Å². The first-order chi connectivity index (χ1) is 6.61. The summed E-state index contributed by atoms with van der Waals surface area (Å²) >= 11 is 0. The second-order valence-electron chi connectivity index (χ2n) is 2.98. The van der Waals surface area contributed by atoms with Gasteiger partial charge < -0.3 is 20.5 Å². The molecule has 5 heteroatoms. The summed E-state index contributed by atoms with van der Waals surface area (Å²) in [7, 11) is 0. The summed E-state index contributed by atoms with van der Waals surface area (Å²) in [6.45, 7) is 4.78. The third-order valence-electron chi connectivity index (χ3n) is 1.70. The molecule has 0 radical (unpaired) electrons. The quantitative estimate of drug-likeness (QED) is 0.532. The first-order valence-corrected chi connectivity index (χ1v) is 4.82. The predicted molar refractivity (Wildman–Crippen MR) is 50.4 cm³/mol. The molecule has 0 bridgehead atoms. The van der Waals surface area contributed by atoms with Gasteiger partial charge in [0.05, 0.1) is 12.0 Å². The summed E-state index contributed by atoms with van der Waals surface area (Å²) in [5.41, 5.74) is 0. The van der Waals surface area contributed by atoms with Crippen LogP contribution in [0.25, 0.3) is 0 Å². The van der Waals surface area contributed by atoms with Gasteiger partial charge in [0.1, 0.15) is 0 Å². The Bertz CT molecular complexity index is 194. The Kier molecular flexibility index (Phi) is 6.74. The number of rotatable bonds is 7. The zero-order valence-corrected chi connectivity index (χ0v) is 8.63. The minimum Gasteiger partial charge on any atom is -0.548 e. The van der Waals surface area contributed by atoms with E-state index in [-0.39, 0.29) is 12.3 Å². The number of carbonyl (C=O) groups is 2. The number of hydrogen-bond acceptors (Lipinski definition) is 4. The van der Waals surface area contributed by atoms with Crippen LogP contribution in [0.1, 0.15) is 26.7 Å². The summed E-state index contributed by atoms with van der Waals surface area (Å²) in [6.07, 6.45) is 0.763. The molecule has 5 nitrogen and oxygen atoms in total. The van der Waals surface area contributed by atoms with Gasteiger partial charge in [-0.15, -0.1) is 0 Å². The van der Waals surface area contributed by atoms with Crippen LogP contribution < -0.4 is 15.7 Å². The first kappa shape index (κ1) is 12.9. The number of nitrogens with one attached hydrogen (secondary N) is 2. The molecule has 0 aromatic carbocycles. The van der Waals surface area contributed by atoms with E-state index in [1.807, 2.05) is 6.92 Å². The summed E-state index contributed by atoms with van der Waals surface area (Å²) in [5.74, 6) is -1.50. The number of carboxylic acid groups (broad SMARTS) is 1.